The maximum atomic E-state index is 4.19. The highest BCUT2D eigenvalue weighted by molar-refractivity contribution is 5.99. The van der Waals surface area contributed by atoms with Crippen LogP contribution in [0.4, 0.5) is 0 Å². The van der Waals surface area contributed by atoms with Crippen molar-refractivity contribution in [1.29, 1.82) is 0 Å². The average Bonchev–Trinajstić information content (AvgIpc) is 2.97. The van der Waals surface area contributed by atoms with E-state index in [0.717, 1.165) is 23.0 Å². The molecule has 2 heterocycles. The zero-order chi connectivity index (χ0) is 14.3. The van der Waals surface area contributed by atoms with Gasteiger partial charge in [0, 0.05) is 22.2 Å². The molecule has 0 radical (unpaired) electrons. The van der Waals surface area contributed by atoms with E-state index in [1.165, 1.54) is 22.2 Å². The molecule has 0 bridgehead atoms. The summed E-state index contributed by atoms with van der Waals surface area (Å²) in [6.45, 7) is 10.6. The van der Waals surface area contributed by atoms with Gasteiger partial charge in [-0.3, -0.25) is 5.10 Å². The number of allylic oxidation sites excluding steroid dienone is 3. The summed E-state index contributed by atoms with van der Waals surface area (Å²) in [7, 11) is 0. The highest BCUT2D eigenvalue weighted by Crippen LogP contribution is 2.32. The van der Waals surface area contributed by atoms with Gasteiger partial charge < -0.3 is 4.57 Å². The number of aryl methyl sites for hydroxylation is 1. The first kappa shape index (κ1) is 12.7. The first-order valence-corrected chi connectivity index (χ1v) is 6.96. The van der Waals surface area contributed by atoms with Crippen LogP contribution in [0.25, 0.3) is 27.5 Å². The van der Waals surface area contributed by atoms with Crippen molar-refractivity contribution in [3.05, 3.63) is 48.3 Å². The summed E-state index contributed by atoms with van der Waals surface area (Å²) in [5, 5.41) is 9.59. The Bertz CT molecular complexity index is 831. The highest BCUT2D eigenvalue weighted by Gasteiger charge is 2.15. The second kappa shape index (κ2) is 4.67. The summed E-state index contributed by atoms with van der Waals surface area (Å²) >= 11 is 0. The topological polar surface area (TPSA) is 33.6 Å². The predicted molar refractivity (Wildman–Crippen MR) is 85.8 cm³/mol. The molecule has 1 aromatic carbocycles. The van der Waals surface area contributed by atoms with Crippen molar-refractivity contribution in [3.8, 4) is 0 Å². The van der Waals surface area contributed by atoms with Crippen LogP contribution in [0.5, 0.6) is 0 Å². The summed E-state index contributed by atoms with van der Waals surface area (Å²) in [5.74, 6) is 0. The number of H-pyrrole nitrogens is 1. The monoisotopic (exact) mass is 265 g/mol. The minimum atomic E-state index is 0.998. The zero-order valence-corrected chi connectivity index (χ0v) is 12.2. The minimum Gasteiger partial charge on any atom is -0.314 e. The molecule has 3 heteroatoms. The summed E-state index contributed by atoms with van der Waals surface area (Å²) in [6.07, 6.45) is 6.95. The van der Waals surface area contributed by atoms with Crippen LogP contribution in [0.1, 0.15) is 25.1 Å². The molecular weight excluding hydrogens is 246 g/mol. The fraction of sp³-hybridized carbons (Fsp3) is 0.235. The molecule has 0 atom stereocenters. The third kappa shape index (κ3) is 1.70. The Labute approximate surface area is 118 Å². The van der Waals surface area contributed by atoms with E-state index in [4.69, 9.17) is 0 Å². The van der Waals surface area contributed by atoms with Crippen LogP contribution in [0.3, 0.4) is 0 Å². The number of nitrogens with one attached hydrogen (secondary N) is 1. The van der Waals surface area contributed by atoms with Gasteiger partial charge in [0.15, 0.2) is 0 Å². The Kier molecular flexibility index (Phi) is 2.97. The molecule has 1 N–H and O–H groups in total. The molecule has 102 valence electrons. The lowest BCUT2D eigenvalue weighted by atomic mass is 10.1. The first-order valence-electron chi connectivity index (χ1n) is 6.96. The van der Waals surface area contributed by atoms with Gasteiger partial charge in [0.05, 0.1) is 17.2 Å². The number of aromatic nitrogens is 3. The van der Waals surface area contributed by atoms with Gasteiger partial charge in [-0.15, -0.1) is 0 Å². The number of aromatic amines is 1. The van der Waals surface area contributed by atoms with Crippen molar-refractivity contribution in [3.63, 3.8) is 0 Å². The molecular formula is C17H19N3. The molecule has 0 aliphatic rings. The van der Waals surface area contributed by atoms with E-state index >= 15 is 0 Å². The number of rotatable bonds is 3. The van der Waals surface area contributed by atoms with Crippen LogP contribution in [-0.2, 0) is 6.42 Å². The fourth-order valence-corrected chi connectivity index (χ4v) is 3.00. The van der Waals surface area contributed by atoms with Gasteiger partial charge >= 0.3 is 0 Å². The maximum absolute atomic E-state index is 4.19. The maximum Gasteiger partial charge on any atom is 0.0657 e. The number of hydrogen-bond acceptors (Lipinski definition) is 1. The van der Waals surface area contributed by atoms with Crippen LogP contribution in [0.2, 0.25) is 0 Å². The molecule has 0 saturated carbocycles. The van der Waals surface area contributed by atoms with Crippen LogP contribution in [0.15, 0.2) is 37.1 Å². The molecule has 0 aliphatic carbocycles. The SMILES string of the molecule is C=C(/C=C\C)n1c(C)c(CC)c2cc3[nH]ncc3cc21. The Morgan fingerprint density at radius 3 is 2.95 bits per heavy atom. The Morgan fingerprint density at radius 1 is 1.45 bits per heavy atom. The molecule has 0 unspecified atom stereocenters. The normalized spacial score (nSPS) is 11.9. The Hall–Kier alpha value is -2.29. The Morgan fingerprint density at radius 2 is 2.25 bits per heavy atom. The third-order valence-electron chi connectivity index (χ3n) is 3.89. The zero-order valence-electron chi connectivity index (χ0n) is 12.2. The van der Waals surface area contributed by atoms with E-state index < -0.39 is 0 Å². The second-order valence-corrected chi connectivity index (χ2v) is 5.07. The van der Waals surface area contributed by atoms with Crippen LogP contribution >= 0.6 is 0 Å². The molecule has 20 heavy (non-hydrogen) atoms. The molecule has 0 aliphatic heterocycles. The van der Waals surface area contributed by atoms with E-state index in [1.54, 1.807) is 0 Å². The van der Waals surface area contributed by atoms with Gasteiger partial charge in [0.25, 0.3) is 0 Å². The largest absolute Gasteiger partial charge is 0.314 e. The summed E-state index contributed by atoms with van der Waals surface area (Å²) in [6, 6.07) is 4.39. The summed E-state index contributed by atoms with van der Waals surface area (Å²) in [5.41, 5.74) is 5.93. The molecule has 0 spiro atoms. The number of benzene rings is 1. The second-order valence-electron chi connectivity index (χ2n) is 5.07. The van der Waals surface area contributed by atoms with Crippen molar-refractivity contribution in [1.82, 2.24) is 14.8 Å². The molecule has 0 amide bonds. The van der Waals surface area contributed by atoms with E-state index in [2.05, 4.69) is 47.3 Å². The van der Waals surface area contributed by atoms with Crippen molar-refractivity contribution in [2.45, 2.75) is 27.2 Å². The molecule has 2 aromatic heterocycles. The van der Waals surface area contributed by atoms with Gasteiger partial charge in [-0.05, 0) is 44.0 Å². The van der Waals surface area contributed by atoms with Gasteiger partial charge in [0.1, 0.15) is 0 Å². The van der Waals surface area contributed by atoms with Crippen molar-refractivity contribution in [2.75, 3.05) is 0 Å². The third-order valence-corrected chi connectivity index (χ3v) is 3.89. The van der Waals surface area contributed by atoms with Gasteiger partial charge in [-0.1, -0.05) is 19.6 Å². The van der Waals surface area contributed by atoms with Crippen LogP contribution < -0.4 is 0 Å². The van der Waals surface area contributed by atoms with E-state index in [0.29, 0.717) is 0 Å². The fourth-order valence-electron chi connectivity index (χ4n) is 3.00. The van der Waals surface area contributed by atoms with Crippen molar-refractivity contribution in [2.24, 2.45) is 0 Å². The quantitative estimate of drug-likeness (QED) is 0.698. The molecule has 3 aromatic rings. The van der Waals surface area contributed by atoms with Crippen LogP contribution in [-0.4, -0.2) is 14.8 Å². The smallest absolute Gasteiger partial charge is 0.0657 e. The van der Waals surface area contributed by atoms with Gasteiger partial charge in [0.2, 0.25) is 0 Å². The summed E-state index contributed by atoms with van der Waals surface area (Å²) in [4.78, 5) is 0. The lowest BCUT2D eigenvalue weighted by Crippen LogP contribution is -1.96. The number of hydrogen-bond donors (Lipinski definition) is 1. The van der Waals surface area contributed by atoms with Crippen molar-refractivity contribution < 1.29 is 0 Å². The van der Waals surface area contributed by atoms with Gasteiger partial charge in [-0.2, -0.15) is 5.10 Å². The van der Waals surface area contributed by atoms with Crippen LogP contribution in [0, 0.1) is 6.92 Å². The van der Waals surface area contributed by atoms with E-state index in [-0.39, 0.29) is 0 Å². The van der Waals surface area contributed by atoms with Crippen molar-refractivity contribution >= 4 is 27.5 Å². The van der Waals surface area contributed by atoms with E-state index in [9.17, 15) is 0 Å². The lowest BCUT2D eigenvalue weighted by Gasteiger charge is -2.08. The number of nitrogens with zero attached hydrogens (tertiary/aromatic N) is 2. The number of fused-ring (bicyclic) bond motifs is 2. The molecule has 0 fully saturated rings. The Balaban J connectivity index is 2.43. The average molecular weight is 265 g/mol. The molecule has 3 rings (SSSR count). The molecule has 0 saturated heterocycles. The standard InChI is InChI=1S/C17H19N3/c1-5-7-11(3)20-12(4)14(6-2)15-9-16-13(8-17(15)20)10-18-19-16/h5,7-10H,3,6H2,1-2,4H3,(H,18,19)/b7-5-. The van der Waals surface area contributed by atoms with E-state index in [1.807, 2.05) is 25.3 Å². The van der Waals surface area contributed by atoms with Gasteiger partial charge in [-0.25, -0.2) is 0 Å². The lowest BCUT2D eigenvalue weighted by molar-refractivity contribution is 1.04. The highest BCUT2D eigenvalue weighted by atomic mass is 15.1. The summed E-state index contributed by atoms with van der Waals surface area (Å²) < 4.78 is 2.24. The predicted octanol–water partition coefficient (Wildman–Crippen LogP) is 4.44. The minimum absolute atomic E-state index is 0.998. The first-order chi connectivity index (χ1) is 9.67. The molecule has 3 nitrogen and oxygen atoms in total.